The van der Waals surface area contributed by atoms with Crippen LogP contribution in [-0.2, 0) is 24.0 Å². The normalized spacial score (nSPS) is 12.8. The van der Waals surface area contributed by atoms with Crippen molar-refractivity contribution in [3.8, 4) is 5.75 Å². The van der Waals surface area contributed by atoms with Crippen molar-refractivity contribution in [2.75, 3.05) is 25.6 Å². The first-order chi connectivity index (χ1) is 13.6. The topological polar surface area (TPSA) is 59.6 Å². The van der Waals surface area contributed by atoms with E-state index in [0.717, 1.165) is 54.0 Å². The van der Waals surface area contributed by atoms with Crippen LogP contribution in [0.1, 0.15) is 46.1 Å². The van der Waals surface area contributed by atoms with Gasteiger partial charge in [0.05, 0.1) is 19.3 Å². The Morgan fingerprint density at radius 3 is 2.82 bits per heavy atom. The molecule has 1 heterocycles. The molecule has 3 rings (SSSR count). The van der Waals surface area contributed by atoms with E-state index in [1.165, 1.54) is 4.88 Å². The van der Waals surface area contributed by atoms with Gasteiger partial charge in [0.25, 0.3) is 0 Å². The van der Waals surface area contributed by atoms with E-state index in [1.54, 1.807) is 18.4 Å². The molecule has 0 bridgehead atoms. The number of hydrogen-bond donors (Lipinski definition) is 2. The van der Waals surface area contributed by atoms with E-state index < -0.39 is 0 Å². The summed E-state index contributed by atoms with van der Waals surface area (Å²) in [6, 6.07) is 7.95. The lowest BCUT2D eigenvalue weighted by Crippen LogP contribution is -2.30. The number of methoxy groups -OCH3 is 1. The quantitative estimate of drug-likeness (QED) is 0.515. The lowest BCUT2D eigenvalue weighted by molar-refractivity contribution is 0.0526. The second-order valence-corrected chi connectivity index (χ2v) is 8.09. The van der Waals surface area contributed by atoms with Crippen LogP contribution < -0.4 is 15.4 Å². The van der Waals surface area contributed by atoms with Crippen LogP contribution in [0, 0.1) is 0 Å². The fourth-order valence-corrected chi connectivity index (χ4v) is 4.99. The number of nitrogens with one attached hydrogen (secondary N) is 2. The van der Waals surface area contributed by atoms with Crippen molar-refractivity contribution in [3.05, 3.63) is 45.8 Å². The Balaban J connectivity index is 1.65. The SMILES string of the molecule is CCOC(=O)c1c(NC(=S)NCCc2ccccc2OC)sc2c1CCCC2. The number of fused-ring (bicyclic) bond motifs is 1. The van der Waals surface area contributed by atoms with Gasteiger partial charge in [-0.3, -0.25) is 0 Å². The van der Waals surface area contributed by atoms with Crippen molar-refractivity contribution < 1.29 is 14.3 Å². The van der Waals surface area contributed by atoms with E-state index in [-0.39, 0.29) is 5.97 Å². The van der Waals surface area contributed by atoms with Crippen molar-refractivity contribution in [1.82, 2.24) is 5.32 Å². The van der Waals surface area contributed by atoms with Gasteiger partial charge in [-0.15, -0.1) is 11.3 Å². The molecule has 0 saturated heterocycles. The highest BCUT2D eigenvalue weighted by molar-refractivity contribution is 7.80. The minimum atomic E-state index is -0.263. The molecule has 2 aromatic rings. The molecule has 1 aliphatic carbocycles. The monoisotopic (exact) mass is 418 g/mol. The molecule has 0 atom stereocenters. The van der Waals surface area contributed by atoms with E-state index in [9.17, 15) is 4.79 Å². The van der Waals surface area contributed by atoms with Crippen molar-refractivity contribution in [3.63, 3.8) is 0 Å². The standard InChI is InChI=1S/C21H26N2O3S2/c1-3-26-20(24)18-15-9-5-7-11-17(15)28-19(18)23-21(27)22-13-12-14-8-4-6-10-16(14)25-2/h4,6,8,10H,3,5,7,9,11-13H2,1-2H3,(H2,22,23,27). The van der Waals surface area contributed by atoms with Crippen LogP contribution in [0.4, 0.5) is 5.00 Å². The second kappa shape index (κ2) is 9.89. The summed E-state index contributed by atoms with van der Waals surface area (Å²) >= 11 is 7.09. The van der Waals surface area contributed by atoms with Crippen LogP contribution >= 0.6 is 23.6 Å². The Labute approximate surface area is 175 Å². The van der Waals surface area contributed by atoms with E-state index in [0.29, 0.717) is 23.8 Å². The molecule has 7 heteroatoms. The predicted molar refractivity (Wildman–Crippen MR) is 118 cm³/mol. The fourth-order valence-electron chi connectivity index (χ4n) is 3.44. The number of para-hydroxylation sites is 1. The summed E-state index contributed by atoms with van der Waals surface area (Å²) in [4.78, 5) is 13.8. The molecular weight excluding hydrogens is 392 g/mol. The van der Waals surface area contributed by atoms with E-state index in [2.05, 4.69) is 10.6 Å². The third kappa shape index (κ3) is 4.83. The summed E-state index contributed by atoms with van der Waals surface area (Å²) in [5.41, 5.74) is 2.92. The van der Waals surface area contributed by atoms with E-state index >= 15 is 0 Å². The molecule has 1 aromatic carbocycles. The Hall–Kier alpha value is -2.12. The van der Waals surface area contributed by atoms with Gasteiger partial charge in [-0.1, -0.05) is 18.2 Å². The first kappa shape index (κ1) is 20.6. The number of thiophene rings is 1. The largest absolute Gasteiger partial charge is 0.496 e. The number of anilines is 1. The zero-order chi connectivity index (χ0) is 19.9. The summed E-state index contributed by atoms with van der Waals surface area (Å²) < 4.78 is 10.7. The number of aryl methyl sites for hydroxylation is 1. The summed E-state index contributed by atoms with van der Waals surface area (Å²) in [5, 5.41) is 7.76. The predicted octanol–water partition coefficient (Wildman–Crippen LogP) is 4.34. The van der Waals surface area contributed by atoms with Gasteiger partial charge in [0.15, 0.2) is 5.11 Å². The second-order valence-electron chi connectivity index (χ2n) is 6.58. The molecule has 0 spiro atoms. The van der Waals surface area contributed by atoms with Crippen LogP contribution in [-0.4, -0.2) is 31.3 Å². The molecule has 0 aliphatic heterocycles. The summed E-state index contributed by atoms with van der Waals surface area (Å²) in [5.74, 6) is 0.611. The van der Waals surface area contributed by atoms with Gasteiger partial charge in [-0.25, -0.2) is 4.79 Å². The van der Waals surface area contributed by atoms with Crippen LogP contribution in [0.2, 0.25) is 0 Å². The number of hydrogen-bond acceptors (Lipinski definition) is 5. The van der Waals surface area contributed by atoms with Crippen LogP contribution in [0.5, 0.6) is 5.75 Å². The molecule has 150 valence electrons. The molecule has 5 nitrogen and oxygen atoms in total. The number of carbonyl (C=O) groups is 1. The van der Waals surface area contributed by atoms with Gasteiger partial charge in [0.2, 0.25) is 0 Å². The van der Waals surface area contributed by atoms with Gasteiger partial charge >= 0.3 is 5.97 Å². The highest BCUT2D eigenvalue weighted by Gasteiger charge is 2.26. The Morgan fingerprint density at radius 1 is 1.25 bits per heavy atom. The Bertz CT molecular complexity index is 848. The van der Waals surface area contributed by atoms with Gasteiger partial charge in [0, 0.05) is 11.4 Å². The Morgan fingerprint density at radius 2 is 2.04 bits per heavy atom. The average molecular weight is 419 g/mol. The Kier molecular flexibility index (Phi) is 7.28. The molecule has 0 amide bonds. The molecule has 0 fully saturated rings. The number of carbonyl (C=O) groups excluding carboxylic acids is 1. The average Bonchev–Trinajstić information content (AvgIpc) is 3.06. The zero-order valence-electron chi connectivity index (χ0n) is 16.3. The zero-order valence-corrected chi connectivity index (χ0v) is 17.9. The number of esters is 1. The van der Waals surface area contributed by atoms with Crippen molar-refractivity contribution >= 4 is 39.6 Å². The number of ether oxygens (including phenoxy) is 2. The molecular formula is C21H26N2O3S2. The summed E-state index contributed by atoms with van der Waals surface area (Å²) in [7, 11) is 1.67. The maximum Gasteiger partial charge on any atom is 0.341 e. The van der Waals surface area contributed by atoms with Crippen LogP contribution in [0.15, 0.2) is 24.3 Å². The highest BCUT2D eigenvalue weighted by Crippen LogP contribution is 2.38. The maximum absolute atomic E-state index is 12.5. The number of rotatable bonds is 7. The minimum absolute atomic E-state index is 0.263. The smallest absolute Gasteiger partial charge is 0.341 e. The third-order valence-electron chi connectivity index (χ3n) is 4.75. The molecule has 28 heavy (non-hydrogen) atoms. The van der Waals surface area contributed by atoms with E-state index in [4.69, 9.17) is 21.7 Å². The summed E-state index contributed by atoms with van der Waals surface area (Å²) in [6.45, 7) is 2.87. The summed E-state index contributed by atoms with van der Waals surface area (Å²) in [6.07, 6.45) is 5.00. The molecule has 0 saturated carbocycles. The third-order valence-corrected chi connectivity index (χ3v) is 6.20. The van der Waals surface area contributed by atoms with Crippen molar-refractivity contribution in [1.29, 1.82) is 0 Å². The lowest BCUT2D eigenvalue weighted by Gasteiger charge is -2.13. The lowest BCUT2D eigenvalue weighted by atomic mass is 9.95. The molecule has 0 unspecified atom stereocenters. The molecule has 2 N–H and O–H groups in total. The molecule has 1 aromatic heterocycles. The first-order valence-corrected chi connectivity index (χ1v) is 10.8. The van der Waals surface area contributed by atoms with Crippen molar-refractivity contribution in [2.24, 2.45) is 0 Å². The van der Waals surface area contributed by atoms with Crippen molar-refractivity contribution in [2.45, 2.75) is 39.0 Å². The minimum Gasteiger partial charge on any atom is -0.496 e. The van der Waals surface area contributed by atoms with Gasteiger partial charge in [-0.05, 0) is 68.4 Å². The van der Waals surface area contributed by atoms with Gasteiger partial charge in [-0.2, -0.15) is 0 Å². The number of benzene rings is 1. The highest BCUT2D eigenvalue weighted by atomic mass is 32.1. The maximum atomic E-state index is 12.5. The van der Waals surface area contributed by atoms with E-state index in [1.807, 2.05) is 31.2 Å². The first-order valence-electron chi connectivity index (χ1n) is 9.62. The number of thiocarbonyl (C=S) groups is 1. The van der Waals surface area contributed by atoms with Crippen LogP contribution in [0.25, 0.3) is 0 Å². The fraction of sp³-hybridized carbons (Fsp3) is 0.429. The van der Waals surface area contributed by atoms with Crippen LogP contribution in [0.3, 0.4) is 0 Å². The molecule has 1 aliphatic rings. The van der Waals surface area contributed by atoms with Gasteiger partial charge in [0.1, 0.15) is 10.8 Å². The van der Waals surface area contributed by atoms with Gasteiger partial charge < -0.3 is 20.1 Å². The molecule has 0 radical (unpaired) electrons.